The van der Waals surface area contributed by atoms with Crippen molar-refractivity contribution in [3.05, 3.63) is 35.6 Å². The number of halogens is 1. The number of nitrogens with zero attached hydrogens (tertiary/aromatic N) is 2. The zero-order chi connectivity index (χ0) is 14.5. The molecule has 2 aromatic rings. The van der Waals surface area contributed by atoms with E-state index >= 15 is 0 Å². The summed E-state index contributed by atoms with van der Waals surface area (Å²) in [5, 5.41) is 7.12. The second-order valence-corrected chi connectivity index (χ2v) is 4.50. The van der Waals surface area contributed by atoms with Crippen LogP contribution in [0.2, 0.25) is 5.02 Å². The van der Waals surface area contributed by atoms with E-state index in [0.717, 1.165) is 0 Å². The number of benzene rings is 1. The van der Waals surface area contributed by atoms with Crippen LogP contribution in [0.4, 0.5) is 11.4 Å². The number of carbonyl (C=O) groups is 1. The molecule has 3 N–H and O–H groups in total. The summed E-state index contributed by atoms with van der Waals surface area (Å²) < 4.78 is 6.78. The van der Waals surface area contributed by atoms with Crippen molar-refractivity contribution in [2.45, 2.75) is 13.5 Å². The summed E-state index contributed by atoms with van der Waals surface area (Å²) in [5.74, 6) is 0.375. The normalized spacial score (nSPS) is 10.3. The maximum absolute atomic E-state index is 11.8. The Balaban J connectivity index is 1.99. The van der Waals surface area contributed by atoms with E-state index in [1.807, 2.05) is 6.92 Å². The Bertz CT molecular complexity index is 612. The van der Waals surface area contributed by atoms with E-state index in [0.29, 0.717) is 28.8 Å². The molecule has 0 radical (unpaired) electrons. The van der Waals surface area contributed by atoms with Crippen LogP contribution in [0.15, 0.2) is 30.6 Å². The first-order chi connectivity index (χ1) is 9.58. The van der Waals surface area contributed by atoms with Gasteiger partial charge in [0.1, 0.15) is 12.3 Å². The summed E-state index contributed by atoms with van der Waals surface area (Å²) in [5.41, 5.74) is 6.64. The average Bonchev–Trinajstić information content (AvgIpc) is 2.78. The third kappa shape index (κ3) is 3.64. The molecule has 0 atom stereocenters. The van der Waals surface area contributed by atoms with Gasteiger partial charge in [0.25, 0.3) is 0 Å². The zero-order valence-electron chi connectivity index (χ0n) is 11.0. The van der Waals surface area contributed by atoms with Crippen molar-refractivity contribution in [2.24, 2.45) is 0 Å². The lowest BCUT2D eigenvalue weighted by Gasteiger charge is -2.09. The van der Waals surface area contributed by atoms with Crippen LogP contribution in [0.25, 0.3) is 0 Å². The smallest absolute Gasteiger partial charge is 0.246 e. The standard InChI is InChI=1S/C13H15ClN4O2/c1-2-20-12-4-3-10(5-11(12)14)17-13(19)8-18-7-9(15)6-16-18/h3-7H,2,8,15H2,1H3,(H,17,19). The van der Waals surface area contributed by atoms with Crippen molar-refractivity contribution in [2.75, 3.05) is 17.7 Å². The Kier molecular flexibility index (Phi) is 4.47. The number of anilines is 2. The molecule has 0 bridgehead atoms. The van der Waals surface area contributed by atoms with E-state index < -0.39 is 0 Å². The van der Waals surface area contributed by atoms with Gasteiger partial charge in [-0.25, -0.2) is 0 Å². The average molecular weight is 295 g/mol. The quantitative estimate of drug-likeness (QED) is 0.885. The molecule has 1 aromatic heterocycles. The van der Waals surface area contributed by atoms with Crippen LogP contribution in [0.3, 0.4) is 0 Å². The van der Waals surface area contributed by atoms with Gasteiger partial charge < -0.3 is 15.8 Å². The molecule has 0 aliphatic carbocycles. The number of carbonyl (C=O) groups excluding carboxylic acids is 1. The summed E-state index contributed by atoms with van der Waals surface area (Å²) >= 11 is 6.04. The maximum Gasteiger partial charge on any atom is 0.246 e. The van der Waals surface area contributed by atoms with E-state index in [1.54, 1.807) is 24.4 Å². The van der Waals surface area contributed by atoms with Crippen molar-refractivity contribution < 1.29 is 9.53 Å². The highest BCUT2D eigenvalue weighted by Crippen LogP contribution is 2.27. The Morgan fingerprint density at radius 2 is 2.35 bits per heavy atom. The fraction of sp³-hybridized carbons (Fsp3) is 0.231. The van der Waals surface area contributed by atoms with Crippen LogP contribution in [0.1, 0.15) is 6.92 Å². The number of ether oxygens (including phenoxy) is 1. The van der Waals surface area contributed by atoms with Crippen LogP contribution in [-0.4, -0.2) is 22.3 Å². The van der Waals surface area contributed by atoms with Gasteiger partial charge in [-0.3, -0.25) is 9.48 Å². The molecule has 0 spiro atoms. The monoisotopic (exact) mass is 294 g/mol. The van der Waals surface area contributed by atoms with E-state index in [-0.39, 0.29) is 12.5 Å². The summed E-state index contributed by atoms with van der Waals surface area (Å²) in [7, 11) is 0. The molecular weight excluding hydrogens is 280 g/mol. The number of nitrogen functional groups attached to an aromatic ring is 1. The van der Waals surface area contributed by atoms with Gasteiger partial charge in [-0.05, 0) is 25.1 Å². The van der Waals surface area contributed by atoms with Crippen LogP contribution in [0, 0.1) is 0 Å². The van der Waals surface area contributed by atoms with Gasteiger partial charge in [-0.1, -0.05) is 11.6 Å². The third-order valence-electron chi connectivity index (χ3n) is 2.47. The molecule has 0 aliphatic rings. The van der Waals surface area contributed by atoms with Crippen molar-refractivity contribution in [1.82, 2.24) is 9.78 Å². The number of hydrogen-bond acceptors (Lipinski definition) is 4. The van der Waals surface area contributed by atoms with Crippen molar-refractivity contribution in [1.29, 1.82) is 0 Å². The summed E-state index contributed by atoms with van der Waals surface area (Å²) in [6, 6.07) is 5.08. The fourth-order valence-electron chi connectivity index (χ4n) is 1.66. The molecule has 0 saturated heterocycles. The molecule has 0 unspecified atom stereocenters. The van der Waals surface area contributed by atoms with E-state index in [2.05, 4.69) is 10.4 Å². The minimum Gasteiger partial charge on any atom is -0.492 e. The zero-order valence-corrected chi connectivity index (χ0v) is 11.7. The molecule has 1 aromatic carbocycles. The Labute approximate surface area is 121 Å². The number of rotatable bonds is 5. The summed E-state index contributed by atoms with van der Waals surface area (Å²) in [6.07, 6.45) is 3.08. The molecule has 7 heteroatoms. The second kappa shape index (κ2) is 6.29. The lowest BCUT2D eigenvalue weighted by Crippen LogP contribution is -2.19. The Hall–Kier alpha value is -2.21. The fourth-order valence-corrected chi connectivity index (χ4v) is 1.90. The lowest BCUT2D eigenvalue weighted by molar-refractivity contribution is -0.116. The van der Waals surface area contributed by atoms with E-state index in [1.165, 1.54) is 10.9 Å². The lowest BCUT2D eigenvalue weighted by atomic mass is 10.3. The van der Waals surface area contributed by atoms with Crippen molar-refractivity contribution in [3.8, 4) is 5.75 Å². The summed E-state index contributed by atoms with van der Waals surface area (Å²) in [4.78, 5) is 11.8. The highest BCUT2D eigenvalue weighted by Gasteiger charge is 2.07. The SMILES string of the molecule is CCOc1ccc(NC(=O)Cn2cc(N)cn2)cc1Cl. The molecule has 1 amide bonds. The van der Waals surface area contributed by atoms with Gasteiger partial charge >= 0.3 is 0 Å². The van der Waals surface area contributed by atoms with Crippen LogP contribution in [-0.2, 0) is 11.3 Å². The van der Waals surface area contributed by atoms with Crippen LogP contribution in [0.5, 0.6) is 5.75 Å². The van der Waals surface area contributed by atoms with Gasteiger partial charge in [0.05, 0.1) is 23.5 Å². The Morgan fingerprint density at radius 1 is 1.55 bits per heavy atom. The molecule has 0 fully saturated rings. The largest absolute Gasteiger partial charge is 0.492 e. The maximum atomic E-state index is 11.8. The van der Waals surface area contributed by atoms with Crippen molar-refractivity contribution >= 4 is 28.9 Å². The first-order valence-electron chi connectivity index (χ1n) is 6.08. The minimum absolute atomic E-state index is 0.0853. The first kappa shape index (κ1) is 14.2. The topological polar surface area (TPSA) is 82.2 Å². The molecule has 106 valence electrons. The predicted octanol–water partition coefficient (Wildman–Crippen LogP) is 2.16. The predicted molar refractivity (Wildman–Crippen MR) is 77.9 cm³/mol. The number of hydrogen-bond donors (Lipinski definition) is 2. The first-order valence-corrected chi connectivity index (χ1v) is 6.46. The molecule has 1 heterocycles. The van der Waals surface area contributed by atoms with Crippen LogP contribution < -0.4 is 15.8 Å². The van der Waals surface area contributed by atoms with Gasteiger partial charge in [0.15, 0.2) is 0 Å². The molecule has 0 saturated carbocycles. The highest BCUT2D eigenvalue weighted by molar-refractivity contribution is 6.32. The number of nitrogens with one attached hydrogen (secondary N) is 1. The number of nitrogens with two attached hydrogens (primary N) is 1. The van der Waals surface area contributed by atoms with E-state index in [9.17, 15) is 4.79 Å². The van der Waals surface area contributed by atoms with Gasteiger partial charge in [0, 0.05) is 11.9 Å². The number of amides is 1. The number of aromatic nitrogens is 2. The Morgan fingerprint density at radius 3 is 2.95 bits per heavy atom. The molecule has 2 rings (SSSR count). The molecular formula is C13H15ClN4O2. The van der Waals surface area contributed by atoms with Gasteiger partial charge in [0.2, 0.25) is 5.91 Å². The van der Waals surface area contributed by atoms with E-state index in [4.69, 9.17) is 22.1 Å². The van der Waals surface area contributed by atoms with Gasteiger partial charge in [-0.2, -0.15) is 5.10 Å². The minimum atomic E-state index is -0.215. The molecule has 6 nitrogen and oxygen atoms in total. The van der Waals surface area contributed by atoms with Gasteiger partial charge in [-0.15, -0.1) is 0 Å². The summed E-state index contributed by atoms with van der Waals surface area (Å²) in [6.45, 7) is 2.50. The molecule has 0 aliphatic heterocycles. The highest BCUT2D eigenvalue weighted by atomic mass is 35.5. The third-order valence-corrected chi connectivity index (χ3v) is 2.77. The van der Waals surface area contributed by atoms with Crippen LogP contribution >= 0.6 is 11.6 Å². The molecule has 20 heavy (non-hydrogen) atoms. The van der Waals surface area contributed by atoms with Crippen molar-refractivity contribution in [3.63, 3.8) is 0 Å². The second-order valence-electron chi connectivity index (χ2n) is 4.10.